The summed E-state index contributed by atoms with van der Waals surface area (Å²) >= 11 is 3.60. The second kappa shape index (κ2) is 4.66. The van der Waals surface area contributed by atoms with Gasteiger partial charge in [-0.2, -0.15) is 0 Å². The Morgan fingerprint density at radius 2 is 1.88 bits per heavy atom. The Kier molecular flexibility index (Phi) is 3.43. The molecule has 1 saturated heterocycles. The van der Waals surface area contributed by atoms with E-state index in [1.807, 2.05) is 12.1 Å². The summed E-state index contributed by atoms with van der Waals surface area (Å²) in [4.78, 5) is 2.46. The van der Waals surface area contributed by atoms with Gasteiger partial charge in [0.1, 0.15) is 0 Å². The minimum atomic E-state index is 0.771. The van der Waals surface area contributed by atoms with Crippen LogP contribution < -0.4 is 10.6 Å². The molecule has 0 aromatic heterocycles. The van der Waals surface area contributed by atoms with Crippen LogP contribution in [0.4, 0.5) is 11.4 Å². The van der Waals surface area contributed by atoms with Crippen LogP contribution in [0, 0.1) is 11.8 Å². The maximum absolute atomic E-state index is 5.76. The molecule has 0 saturated carbocycles. The molecule has 0 aliphatic carbocycles. The van der Waals surface area contributed by atoms with Gasteiger partial charge < -0.3 is 10.6 Å². The zero-order valence-corrected chi connectivity index (χ0v) is 11.5. The number of nitrogens with two attached hydrogens (primary N) is 1. The average Bonchev–Trinajstić information content (AvgIpc) is 2.15. The lowest BCUT2D eigenvalue weighted by Crippen LogP contribution is -2.38. The fourth-order valence-corrected chi connectivity index (χ4v) is 3.29. The van der Waals surface area contributed by atoms with E-state index in [2.05, 4.69) is 40.7 Å². The normalized spacial score (nSPS) is 25.8. The summed E-state index contributed by atoms with van der Waals surface area (Å²) in [7, 11) is 0. The van der Waals surface area contributed by atoms with Crippen molar-refractivity contribution in [3.05, 3.63) is 22.7 Å². The summed E-state index contributed by atoms with van der Waals surface area (Å²) < 4.78 is 1.11. The molecule has 0 amide bonds. The number of benzene rings is 1. The van der Waals surface area contributed by atoms with Crippen LogP contribution in [0.5, 0.6) is 0 Å². The Morgan fingerprint density at radius 1 is 1.25 bits per heavy atom. The van der Waals surface area contributed by atoms with Crippen molar-refractivity contribution in [3.8, 4) is 0 Å². The molecular formula is C13H19BrN2. The molecule has 1 aromatic rings. The third kappa shape index (κ3) is 2.51. The SMILES string of the molecule is C[C@H]1C[C@H](C)CN(c2ccc(N)cc2Br)C1. The minimum Gasteiger partial charge on any atom is -0.399 e. The quantitative estimate of drug-likeness (QED) is 0.799. The summed E-state index contributed by atoms with van der Waals surface area (Å²) in [5.74, 6) is 1.54. The van der Waals surface area contributed by atoms with Gasteiger partial charge in [0.15, 0.2) is 0 Å². The lowest BCUT2D eigenvalue weighted by molar-refractivity contribution is 0.356. The van der Waals surface area contributed by atoms with E-state index >= 15 is 0 Å². The van der Waals surface area contributed by atoms with E-state index in [9.17, 15) is 0 Å². The maximum atomic E-state index is 5.76. The van der Waals surface area contributed by atoms with Gasteiger partial charge in [-0.3, -0.25) is 0 Å². The standard InChI is InChI=1S/C13H19BrN2/c1-9-5-10(2)8-16(7-9)13-4-3-11(15)6-12(13)14/h3-4,6,9-10H,5,7-8,15H2,1-2H3/t9-,10-/m0/s1. The molecule has 2 N–H and O–H groups in total. The summed E-state index contributed by atoms with van der Waals surface area (Å²) in [5.41, 5.74) is 7.85. The van der Waals surface area contributed by atoms with Gasteiger partial charge >= 0.3 is 0 Å². The summed E-state index contributed by atoms with van der Waals surface area (Å²) in [5, 5.41) is 0. The van der Waals surface area contributed by atoms with Crippen LogP contribution >= 0.6 is 15.9 Å². The number of halogens is 1. The topological polar surface area (TPSA) is 29.3 Å². The lowest BCUT2D eigenvalue weighted by atomic mass is 9.91. The van der Waals surface area contributed by atoms with Crippen LogP contribution in [0.1, 0.15) is 20.3 Å². The number of hydrogen-bond acceptors (Lipinski definition) is 2. The van der Waals surface area contributed by atoms with Crippen LogP contribution in [-0.2, 0) is 0 Å². The first-order valence-electron chi connectivity index (χ1n) is 5.86. The molecule has 0 unspecified atom stereocenters. The number of anilines is 2. The summed E-state index contributed by atoms with van der Waals surface area (Å²) in [6.07, 6.45) is 1.34. The number of piperidine rings is 1. The molecule has 1 aliphatic rings. The lowest BCUT2D eigenvalue weighted by Gasteiger charge is -2.37. The largest absolute Gasteiger partial charge is 0.399 e. The van der Waals surface area contributed by atoms with Gasteiger partial charge in [0.05, 0.1) is 5.69 Å². The second-order valence-electron chi connectivity index (χ2n) is 5.06. The molecule has 2 atom stereocenters. The van der Waals surface area contributed by atoms with Gasteiger partial charge in [-0.1, -0.05) is 13.8 Å². The Morgan fingerprint density at radius 3 is 2.44 bits per heavy atom. The van der Waals surface area contributed by atoms with Crippen LogP contribution in [0.2, 0.25) is 0 Å². The third-order valence-corrected chi connectivity index (χ3v) is 3.82. The average molecular weight is 283 g/mol. The summed E-state index contributed by atoms with van der Waals surface area (Å²) in [6, 6.07) is 6.08. The summed E-state index contributed by atoms with van der Waals surface area (Å²) in [6.45, 7) is 6.95. The predicted molar refractivity (Wildman–Crippen MR) is 73.7 cm³/mol. The van der Waals surface area contributed by atoms with Crippen LogP contribution in [-0.4, -0.2) is 13.1 Å². The molecule has 1 aliphatic heterocycles. The maximum Gasteiger partial charge on any atom is 0.0512 e. The van der Waals surface area contributed by atoms with Gasteiger partial charge in [0.25, 0.3) is 0 Å². The zero-order chi connectivity index (χ0) is 11.7. The van der Waals surface area contributed by atoms with E-state index in [-0.39, 0.29) is 0 Å². The van der Waals surface area contributed by atoms with Crippen molar-refractivity contribution in [2.45, 2.75) is 20.3 Å². The molecule has 1 heterocycles. The first-order chi connectivity index (χ1) is 7.56. The highest BCUT2D eigenvalue weighted by atomic mass is 79.9. The molecule has 16 heavy (non-hydrogen) atoms. The molecule has 1 aromatic carbocycles. The van der Waals surface area contributed by atoms with E-state index in [0.717, 1.165) is 35.1 Å². The Hall–Kier alpha value is -0.700. The van der Waals surface area contributed by atoms with Crippen molar-refractivity contribution in [2.24, 2.45) is 11.8 Å². The van der Waals surface area contributed by atoms with Crippen LogP contribution in [0.3, 0.4) is 0 Å². The highest BCUT2D eigenvalue weighted by Crippen LogP contribution is 2.32. The number of nitrogens with zero attached hydrogens (tertiary/aromatic N) is 1. The van der Waals surface area contributed by atoms with Crippen molar-refractivity contribution < 1.29 is 0 Å². The number of rotatable bonds is 1. The first kappa shape index (κ1) is 11.8. The fourth-order valence-electron chi connectivity index (χ4n) is 2.64. The molecule has 1 fully saturated rings. The van der Waals surface area contributed by atoms with E-state index in [0.29, 0.717) is 0 Å². The molecule has 0 bridgehead atoms. The van der Waals surface area contributed by atoms with Crippen LogP contribution in [0.25, 0.3) is 0 Å². The van der Waals surface area contributed by atoms with Crippen LogP contribution in [0.15, 0.2) is 22.7 Å². The number of hydrogen-bond donors (Lipinski definition) is 1. The smallest absolute Gasteiger partial charge is 0.0512 e. The minimum absolute atomic E-state index is 0.771. The highest BCUT2D eigenvalue weighted by Gasteiger charge is 2.23. The van der Waals surface area contributed by atoms with E-state index < -0.39 is 0 Å². The Labute approximate surface area is 106 Å². The molecule has 2 rings (SSSR count). The predicted octanol–water partition coefficient (Wildman–Crippen LogP) is 3.51. The molecule has 3 heteroatoms. The molecule has 2 nitrogen and oxygen atoms in total. The van der Waals surface area contributed by atoms with Crippen molar-refractivity contribution in [2.75, 3.05) is 23.7 Å². The molecule has 0 radical (unpaired) electrons. The van der Waals surface area contributed by atoms with Gasteiger partial charge in [-0.15, -0.1) is 0 Å². The third-order valence-electron chi connectivity index (χ3n) is 3.18. The molecule has 0 spiro atoms. The van der Waals surface area contributed by atoms with Gasteiger partial charge in [0, 0.05) is 23.2 Å². The first-order valence-corrected chi connectivity index (χ1v) is 6.65. The molecular weight excluding hydrogens is 264 g/mol. The van der Waals surface area contributed by atoms with Crippen molar-refractivity contribution in [1.82, 2.24) is 0 Å². The van der Waals surface area contributed by atoms with Gasteiger partial charge in [-0.05, 0) is 52.4 Å². The number of nitrogen functional groups attached to an aromatic ring is 1. The van der Waals surface area contributed by atoms with Crippen molar-refractivity contribution >= 4 is 27.3 Å². The van der Waals surface area contributed by atoms with Gasteiger partial charge in [0.2, 0.25) is 0 Å². The highest BCUT2D eigenvalue weighted by molar-refractivity contribution is 9.10. The Bertz CT molecular complexity index is 368. The molecule has 88 valence electrons. The van der Waals surface area contributed by atoms with Gasteiger partial charge in [-0.25, -0.2) is 0 Å². The van der Waals surface area contributed by atoms with E-state index in [4.69, 9.17) is 5.73 Å². The van der Waals surface area contributed by atoms with E-state index in [1.54, 1.807) is 0 Å². The van der Waals surface area contributed by atoms with Crippen molar-refractivity contribution in [1.29, 1.82) is 0 Å². The zero-order valence-electron chi connectivity index (χ0n) is 9.91. The van der Waals surface area contributed by atoms with Crippen molar-refractivity contribution in [3.63, 3.8) is 0 Å². The van der Waals surface area contributed by atoms with E-state index in [1.165, 1.54) is 12.1 Å². The fraction of sp³-hybridized carbons (Fsp3) is 0.538. The Balaban J connectivity index is 2.23. The monoisotopic (exact) mass is 282 g/mol. The second-order valence-corrected chi connectivity index (χ2v) is 5.92.